The summed E-state index contributed by atoms with van der Waals surface area (Å²) in [4.78, 5) is 19.4. The number of piperidine rings is 1. The van der Waals surface area contributed by atoms with E-state index in [0.29, 0.717) is 13.1 Å². The average Bonchev–Trinajstić information content (AvgIpc) is 3.34. The molecule has 0 spiro atoms. The molecule has 1 amide bonds. The third kappa shape index (κ3) is 4.13. The lowest BCUT2D eigenvalue weighted by atomic mass is 9.96. The van der Waals surface area contributed by atoms with Crippen LogP contribution in [0.3, 0.4) is 0 Å². The summed E-state index contributed by atoms with van der Waals surface area (Å²) in [5.41, 5.74) is 5.04. The Bertz CT molecular complexity index is 1140. The van der Waals surface area contributed by atoms with E-state index >= 15 is 0 Å². The average molecular weight is 417 g/mol. The molecule has 0 unspecified atom stereocenters. The molecule has 1 aliphatic heterocycles. The van der Waals surface area contributed by atoms with Crippen molar-refractivity contribution in [2.24, 2.45) is 0 Å². The van der Waals surface area contributed by atoms with Crippen molar-refractivity contribution in [3.63, 3.8) is 0 Å². The number of rotatable bonds is 5. The van der Waals surface area contributed by atoms with Crippen LogP contribution in [0.1, 0.15) is 54.9 Å². The smallest absolute Gasteiger partial charge is 0.264 e. The number of nitrogens with zero attached hydrogens (tertiary/aromatic N) is 4. The number of carbonyl (C=O) groups excluding carboxylic acids is 1. The van der Waals surface area contributed by atoms with Gasteiger partial charge in [-0.3, -0.25) is 4.79 Å². The maximum absolute atomic E-state index is 13.0. The normalized spacial score (nSPS) is 15.4. The highest BCUT2D eigenvalue weighted by Gasteiger charge is 2.28. The Morgan fingerprint density at radius 3 is 2.71 bits per heavy atom. The number of aromatic nitrogens is 2. The quantitative estimate of drug-likeness (QED) is 0.435. The van der Waals surface area contributed by atoms with E-state index in [0.717, 1.165) is 59.7 Å². The molecule has 1 aliphatic rings. The molecule has 6 nitrogen and oxygen atoms in total. The molecule has 31 heavy (non-hydrogen) atoms. The lowest BCUT2D eigenvalue weighted by Crippen LogP contribution is -2.38. The number of carbonyl (C=O) groups is 1. The number of benzene rings is 1. The molecule has 0 bridgehead atoms. The van der Waals surface area contributed by atoms with Crippen LogP contribution in [0.2, 0.25) is 0 Å². The van der Waals surface area contributed by atoms with Crippen LogP contribution >= 0.6 is 0 Å². The third-order valence-corrected chi connectivity index (χ3v) is 6.15. The van der Waals surface area contributed by atoms with Gasteiger partial charge in [-0.15, -0.1) is 0 Å². The SMILES string of the molecule is CCCn1c(C)cc(/C=C(/C#N)C(=O)N2CCC(c3nc4ccccc4o3)CC2)c1C. The van der Waals surface area contributed by atoms with E-state index < -0.39 is 0 Å². The maximum Gasteiger partial charge on any atom is 0.264 e. The standard InChI is InChI=1S/C25H28N4O2/c1-4-11-29-17(2)14-20(18(29)3)15-21(16-26)25(30)28-12-9-19(10-13-28)24-27-22-7-5-6-8-23(22)31-24/h5-8,14-15,19H,4,9-13H2,1-3H3/b21-15-. The predicted octanol–water partition coefficient (Wildman–Crippen LogP) is 4.97. The van der Waals surface area contributed by atoms with Crippen LogP contribution in [0.25, 0.3) is 17.2 Å². The van der Waals surface area contributed by atoms with Crippen molar-refractivity contribution in [3.8, 4) is 6.07 Å². The number of amides is 1. The molecular weight excluding hydrogens is 388 g/mol. The first-order chi connectivity index (χ1) is 15.0. The van der Waals surface area contributed by atoms with Crippen LogP contribution < -0.4 is 0 Å². The van der Waals surface area contributed by atoms with Crippen LogP contribution in [0.5, 0.6) is 0 Å². The number of nitriles is 1. The topological polar surface area (TPSA) is 75.1 Å². The largest absolute Gasteiger partial charge is 0.440 e. The monoisotopic (exact) mass is 416 g/mol. The Kier molecular flexibility index (Phi) is 5.94. The van der Waals surface area contributed by atoms with Crippen molar-refractivity contribution in [3.05, 3.63) is 58.7 Å². The van der Waals surface area contributed by atoms with Gasteiger partial charge in [0.25, 0.3) is 5.91 Å². The first-order valence-electron chi connectivity index (χ1n) is 10.9. The molecule has 4 rings (SSSR count). The Hall–Kier alpha value is -3.33. The summed E-state index contributed by atoms with van der Waals surface area (Å²) in [5, 5.41) is 9.67. The van der Waals surface area contributed by atoms with Crippen molar-refractivity contribution < 1.29 is 9.21 Å². The highest BCUT2D eigenvalue weighted by molar-refractivity contribution is 6.01. The molecule has 0 N–H and O–H groups in total. The Morgan fingerprint density at radius 2 is 2.03 bits per heavy atom. The minimum atomic E-state index is -0.196. The Morgan fingerprint density at radius 1 is 1.29 bits per heavy atom. The van der Waals surface area contributed by atoms with Gasteiger partial charge in [-0.05, 0) is 62.9 Å². The summed E-state index contributed by atoms with van der Waals surface area (Å²) in [5.74, 6) is 0.741. The molecule has 2 aromatic heterocycles. The van der Waals surface area contributed by atoms with Crippen LogP contribution in [0.4, 0.5) is 0 Å². The van der Waals surface area contributed by atoms with Crippen LogP contribution in [-0.2, 0) is 11.3 Å². The summed E-state index contributed by atoms with van der Waals surface area (Å²) >= 11 is 0. The van der Waals surface area contributed by atoms with E-state index in [4.69, 9.17) is 4.42 Å². The maximum atomic E-state index is 13.0. The van der Waals surface area contributed by atoms with E-state index in [2.05, 4.69) is 35.5 Å². The molecule has 1 saturated heterocycles. The van der Waals surface area contributed by atoms with Gasteiger partial charge in [0, 0.05) is 36.9 Å². The van der Waals surface area contributed by atoms with Gasteiger partial charge in [0.1, 0.15) is 17.2 Å². The van der Waals surface area contributed by atoms with Gasteiger partial charge >= 0.3 is 0 Å². The molecule has 1 aromatic carbocycles. The highest BCUT2D eigenvalue weighted by atomic mass is 16.3. The highest BCUT2D eigenvalue weighted by Crippen LogP contribution is 2.30. The van der Waals surface area contributed by atoms with Gasteiger partial charge in [-0.1, -0.05) is 19.1 Å². The number of para-hydroxylation sites is 2. The second-order valence-corrected chi connectivity index (χ2v) is 8.23. The van der Waals surface area contributed by atoms with Crippen LogP contribution in [-0.4, -0.2) is 33.4 Å². The van der Waals surface area contributed by atoms with Crippen molar-refractivity contribution in [1.82, 2.24) is 14.5 Å². The zero-order valence-electron chi connectivity index (χ0n) is 18.4. The summed E-state index contributed by atoms with van der Waals surface area (Å²) in [6.45, 7) is 8.37. The first-order valence-corrected chi connectivity index (χ1v) is 10.9. The van der Waals surface area contributed by atoms with Crippen molar-refractivity contribution in [2.75, 3.05) is 13.1 Å². The fourth-order valence-electron chi connectivity index (χ4n) is 4.40. The van der Waals surface area contributed by atoms with E-state index in [9.17, 15) is 10.1 Å². The molecular formula is C25H28N4O2. The van der Waals surface area contributed by atoms with Gasteiger partial charge in [0.2, 0.25) is 0 Å². The second kappa shape index (κ2) is 8.81. The number of hydrogen-bond acceptors (Lipinski definition) is 4. The van der Waals surface area contributed by atoms with E-state index in [1.54, 1.807) is 11.0 Å². The predicted molar refractivity (Wildman–Crippen MR) is 120 cm³/mol. The molecule has 3 aromatic rings. The second-order valence-electron chi connectivity index (χ2n) is 8.23. The molecule has 160 valence electrons. The fourth-order valence-corrected chi connectivity index (χ4v) is 4.40. The number of aryl methyl sites for hydroxylation is 1. The molecule has 1 fully saturated rings. The molecule has 0 saturated carbocycles. The Labute approximate surface area is 182 Å². The van der Waals surface area contributed by atoms with Crippen molar-refractivity contribution >= 4 is 23.1 Å². The van der Waals surface area contributed by atoms with Crippen LogP contribution in [0.15, 0.2) is 40.3 Å². The number of likely N-dealkylation sites (tertiary alicyclic amines) is 1. The minimum Gasteiger partial charge on any atom is -0.440 e. The molecule has 6 heteroatoms. The van der Waals surface area contributed by atoms with Crippen molar-refractivity contribution in [2.45, 2.75) is 52.5 Å². The zero-order valence-corrected chi connectivity index (χ0v) is 18.4. The number of oxazole rings is 1. The van der Waals surface area contributed by atoms with E-state index in [1.807, 2.05) is 31.2 Å². The summed E-state index contributed by atoms with van der Waals surface area (Å²) in [6, 6.07) is 11.9. The molecule has 0 aliphatic carbocycles. The van der Waals surface area contributed by atoms with Gasteiger partial charge < -0.3 is 13.9 Å². The number of hydrogen-bond donors (Lipinski definition) is 0. The van der Waals surface area contributed by atoms with Gasteiger partial charge in [-0.2, -0.15) is 5.26 Å². The zero-order chi connectivity index (χ0) is 22.0. The molecule has 0 atom stereocenters. The van der Waals surface area contributed by atoms with Gasteiger partial charge in [-0.25, -0.2) is 4.98 Å². The van der Waals surface area contributed by atoms with E-state index in [-0.39, 0.29) is 17.4 Å². The number of fused-ring (bicyclic) bond motifs is 1. The third-order valence-electron chi connectivity index (χ3n) is 6.15. The molecule has 3 heterocycles. The van der Waals surface area contributed by atoms with Crippen LogP contribution in [0, 0.1) is 25.2 Å². The summed E-state index contributed by atoms with van der Waals surface area (Å²) in [6.07, 6.45) is 4.34. The summed E-state index contributed by atoms with van der Waals surface area (Å²) < 4.78 is 8.15. The summed E-state index contributed by atoms with van der Waals surface area (Å²) in [7, 11) is 0. The lowest BCUT2D eigenvalue weighted by molar-refractivity contribution is -0.127. The lowest BCUT2D eigenvalue weighted by Gasteiger charge is -2.30. The first kappa shape index (κ1) is 20.9. The fraction of sp³-hybridized carbons (Fsp3) is 0.400. The minimum absolute atomic E-state index is 0.192. The molecule has 0 radical (unpaired) electrons. The Balaban J connectivity index is 1.46. The van der Waals surface area contributed by atoms with Crippen molar-refractivity contribution in [1.29, 1.82) is 5.26 Å². The van der Waals surface area contributed by atoms with Gasteiger partial charge in [0.15, 0.2) is 11.5 Å². The van der Waals surface area contributed by atoms with E-state index in [1.165, 1.54) is 0 Å². The van der Waals surface area contributed by atoms with Gasteiger partial charge in [0.05, 0.1) is 0 Å².